The predicted octanol–water partition coefficient (Wildman–Crippen LogP) is 2.47. The molecule has 1 saturated carbocycles. The molecule has 0 bridgehead atoms. The summed E-state index contributed by atoms with van der Waals surface area (Å²) in [7, 11) is 1.50. The maximum absolute atomic E-state index is 12.1. The minimum atomic E-state index is -0.160. The highest BCUT2D eigenvalue weighted by molar-refractivity contribution is 5.76. The molecule has 1 aliphatic heterocycles. The van der Waals surface area contributed by atoms with Gasteiger partial charge in [-0.2, -0.15) is 0 Å². The van der Waals surface area contributed by atoms with Gasteiger partial charge in [-0.25, -0.2) is 0 Å². The molecule has 0 amide bonds. The summed E-state index contributed by atoms with van der Waals surface area (Å²) in [6, 6.07) is 0.928. The van der Waals surface area contributed by atoms with Crippen LogP contribution in [-0.4, -0.2) is 37.7 Å². The van der Waals surface area contributed by atoms with Crippen LogP contribution in [0.5, 0.6) is 0 Å². The fourth-order valence-electron chi connectivity index (χ4n) is 3.98. The van der Waals surface area contributed by atoms with E-state index in [1.807, 2.05) is 0 Å². The molecule has 2 aliphatic rings. The molecular formula is C17H32N2O2. The molecule has 21 heavy (non-hydrogen) atoms. The Bertz CT molecular complexity index is 329. The van der Waals surface area contributed by atoms with Gasteiger partial charge in [0.2, 0.25) is 0 Å². The molecule has 5 unspecified atom stereocenters. The summed E-state index contributed by atoms with van der Waals surface area (Å²) >= 11 is 0. The maximum atomic E-state index is 12.1. The van der Waals surface area contributed by atoms with Crippen LogP contribution in [0.1, 0.15) is 58.8 Å². The second-order valence-corrected chi connectivity index (χ2v) is 6.81. The van der Waals surface area contributed by atoms with Gasteiger partial charge in [-0.15, -0.1) is 0 Å². The number of methoxy groups -OCH3 is 1. The zero-order valence-electron chi connectivity index (χ0n) is 13.9. The van der Waals surface area contributed by atoms with Gasteiger partial charge >= 0.3 is 5.97 Å². The molecular weight excluding hydrogens is 264 g/mol. The van der Waals surface area contributed by atoms with Gasteiger partial charge in [0.15, 0.2) is 0 Å². The van der Waals surface area contributed by atoms with Crippen molar-refractivity contribution in [3.8, 4) is 0 Å². The van der Waals surface area contributed by atoms with Crippen LogP contribution in [0.25, 0.3) is 0 Å². The second kappa shape index (κ2) is 8.14. The summed E-state index contributed by atoms with van der Waals surface area (Å²) in [5, 5.41) is 7.33. The van der Waals surface area contributed by atoms with E-state index in [4.69, 9.17) is 4.74 Å². The molecule has 122 valence electrons. The van der Waals surface area contributed by atoms with Crippen molar-refractivity contribution in [2.75, 3.05) is 13.7 Å². The molecule has 4 nitrogen and oxygen atoms in total. The Morgan fingerprint density at radius 3 is 2.67 bits per heavy atom. The maximum Gasteiger partial charge on any atom is 0.323 e. The van der Waals surface area contributed by atoms with Gasteiger partial charge < -0.3 is 15.4 Å². The van der Waals surface area contributed by atoms with Gasteiger partial charge in [0.25, 0.3) is 0 Å². The number of esters is 1. The van der Waals surface area contributed by atoms with Crippen molar-refractivity contribution in [2.24, 2.45) is 11.8 Å². The molecule has 2 rings (SSSR count). The lowest BCUT2D eigenvalue weighted by Crippen LogP contribution is -2.54. The summed E-state index contributed by atoms with van der Waals surface area (Å²) in [6.07, 6.45) is 8.64. The summed E-state index contributed by atoms with van der Waals surface area (Å²) in [4.78, 5) is 12.1. The van der Waals surface area contributed by atoms with Crippen LogP contribution in [0.4, 0.5) is 0 Å². The summed E-state index contributed by atoms with van der Waals surface area (Å²) in [5.41, 5.74) is 0. The van der Waals surface area contributed by atoms with Gasteiger partial charge in [-0.05, 0) is 44.1 Å². The Labute approximate surface area is 129 Å². The van der Waals surface area contributed by atoms with E-state index in [9.17, 15) is 4.79 Å². The van der Waals surface area contributed by atoms with Crippen molar-refractivity contribution < 1.29 is 9.53 Å². The molecule has 4 heteroatoms. The van der Waals surface area contributed by atoms with Crippen LogP contribution < -0.4 is 10.6 Å². The number of carbonyl (C=O) groups excluding carboxylic acids is 1. The van der Waals surface area contributed by atoms with Crippen molar-refractivity contribution in [2.45, 2.75) is 76.9 Å². The lowest BCUT2D eigenvalue weighted by atomic mass is 9.78. The van der Waals surface area contributed by atoms with Crippen molar-refractivity contribution in [1.82, 2.24) is 10.6 Å². The number of ether oxygens (including phenoxy) is 1. The van der Waals surface area contributed by atoms with E-state index in [0.29, 0.717) is 23.9 Å². The first-order valence-corrected chi connectivity index (χ1v) is 8.74. The third-order valence-corrected chi connectivity index (χ3v) is 5.50. The minimum absolute atomic E-state index is 0.104. The van der Waals surface area contributed by atoms with Crippen LogP contribution >= 0.6 is 0 Å². The standard InChI is InChI=1S/C17H32N2O2/c1-4-12(2)16(17(20)21-3)19-15-9-6-5-8-13(15)14-10-7-11-18-14/h12-16,18-19H,4-11H2,1-3H3. The molecule has 1 aliphatic carbocycles. The highest BCUT2D eigenvalue weighted by Crippen LogP contribution is 2.31. The van der Waals surface area contributed by atoms with Crippen molar-refractivity contribution in [3.63, 3.8) is 0 Å². The fourth-order valence-corrected chi connectivity index (χ4v) is 3.98. The van der Waals surface area contributed by atoms with E-state index in [1.54, 1.807) is 0 Å². The quantitative estimate of drug-likeness (QED) is 0.739. The summed E-state index contributed by atoms with van der Waals surface area (Å²) in [6.45, 7) is 5.43. The van der Waals surface area contributed by atoms with Crippen LogP contribution in [0.15, 0.2) is 0 Å². The zero-order valence-corrected chi connectivity index (χ0v) is 13.9. The third-order valence-electron chi connectivity index (χ3n) is 5.50. The SMILES string of the molecule is CCC(C)C(NC1CCCCC1C1CCCN1)C(=O)OC. The van der Waals surface area contributed by atoms with Crippen molar-refractivity contribution in [1.29, 1.82) is 0 Å². The zero-order chi connectivity index (χ0) is 15.2. The summed E-state index contributed by atoms with van der Waals surface area (Å²) < 4.78 is 5.02. The number of rotatable bonds is 6. The molecule has 2 N–H and O–H groups in total. The van der Waals surface area contributed by atoms with E-state index in [-0.39, 0.29) is 12.0 Å². The molecule has 0 aromatic heterocycles. The van der Waals surface area contributed by atoms with Gasteiger partial charge in [-0.3, -0.25) is 4.79 Å². The monoisotopic (exact) mass is 296 g/mol. The highest BCUT2D eigenvalue weighted by Gasteiger charge is 2.36. The van der Waals surface area contributed by atoms with Gasteiger partial charge in [0, 0.05) is 12.1 Å². The topological polar surface area (TPSA) is 50.4 Å². The average molecular weight is 296 g/mol. The summed E-state index contributed by atoms with van der Waals surface area (Å²) in [5.74, 6) is 0.877. The Kier molecular flexibility index (Phi) is 6.49. The smallest absolute Gasteiger partial charge is 0.323 e. The number of carbonyl (C=O) groups is 1. The van der Waals surface area contributed by atoms with Crippen LogP contribution in [0, 0.1) is 11.8 Å². The molecule has 1 saturated heterocycles. The first-order valence-electron chi connectivity index (χ1n) is 8.74. The normalized spacial score (nSPS) is 32.6. The van der Waals surface area contributed by atoms with E-state index in [1.165, 1.54) is 45.6 Å². The number of nitrogens with one attached hydrogen (secondary N) is 2. The molecule has 0 aromatic carbocycles. The number of hydrogen-bond donors (Lipinski definition) is 2. The first-order chi connectivity index (χ1) is 10.2. The highest BCUT2D eigenvalue weighted by atomic mass is 16.5. The Morgan fingerprint density at radius 2 is 2.05 bits per heavy atom. The first kappa shape index (κ1) is 16.8. The van der Waals surface area contributed by atoms with Crippen LogP contribution in [-0.2, 0) is 9.53 Å². The van der Waals surface area contributed by atoms with E-state index in [2.05, 4.69) is 24.5 Å². The third kappa shape index (κ3) is 4.19. The Hall–Kier alpha value is -0.610. The van der Waals surface area contributed by atoms with E-state index < -0.39 is 0 Å². The minimum Gasteiger partial charge on any atom is -0.468 e. The average Bonchev–Trinajstić information content (AvgIpc) is 3.05. The fraction of sp³-hybridized carbons (Fsp3) is 0.941. The predicted molar refractivity (Wildman–Crippen MR) is 85.2 cm³/mol. The van der Waals surface area contributed by atoms with Gasteiger partial charge in [0.1, 0.15) is 6.04 Å². The molecule has 0 radical (unpaired) electrons. The molecule has 5 atom stereocenters. The van der Waals surface area contributed by atoms with Gasteiger partial charge in [-0.1, -0.05) is 33.1 Å². The molecule has 2 fully saturated rings. The molecule has 1 heterocycles. The van der Waals surface area contributed by atoms with Crippen LogP contribution in [0.2, 0.25) is 0 Å². The molecule has 0 aromatic rings. The second-order valence-electron chi connectivity index (χ2n) is 6.81. The lowest BCUT2D eigenvalue weighted by Gasteiger charge is -2.39. The Balaban J connectivity index is 2.03. The molecule has 0 spiro atoms. The van der Waals surface area contributed by atoms with Crippen molar-refractivity contribution >= 4 is 5.97 Å². The van der Waals surface area contributed by atoms with Gasteiger partial charge in [0.05, 0.1) is 7.11 Å². The van der Waals surface area contributed by atoms with Crippen LogP contribution in [0.3, 0.4) is 0 Å². The largest absolute Gasteiger partial charge is 0.468 e. The van der Waals surface area contributed by atoms with E-state index in [0.717, 1.165) is 13.0 Å². The number of hydrogen-bond acceptors (Lipinski definition) is 4. The lowest BCUT2D eigenvalue weighted by molar-refractivity contribution is -0.145. The van der Waals surface area contributed by atoms with E-state index >= 15 is 0 Å². The Morgan fingerprint density at radius 1 is 1.29 bits per heavy atom. The van der Waals surface area contributed by atoms with Crippen molar-refractivity contribution in [3.05, 3.63) is 0 Å².